The smallest absolute Gasteiger partial charge is 0.0791 e. The van der Waals surface area contributed by atoms with E-state index < -0.39 is 6.10 Å². The number of aliphatic hydroxyl groups is 1. The lowest BCUT2D eigenvalue weighted by molar-refractivity contribution is 0.108. The van der Waals surface area contributed by atoms with Crippen molar-refractivity contribution in [1.29, 1.82) is 0 Å². The van der Waals surface area contributed by atoms with Gasteiger partial charge in [-0.1, -0.05) is 35.3 Å². The van der Waals surface area contributed by atoms with E-state index in [1.54, 1.807) is 6.20 Å². The van der Waals surface area contributed by atoms with E-state index in [1.807, 2.05) is 42.5 Å². The van der Waals surface area contributed by atoms with Gasteiger partial charge >= 0.3 is 0 Å². The molecule has 0 bridgehead atoms. The first-order valence-corrected chi connectivity index (χ1v) is 11.7. The van der Waals surface area contributed by atoms with Gasteiger partial charge in [0.25, 0.3) is 0 Å². The number of hydrogen-bond donors (Lipinski definition) is 3. The molecular weight excluding hydrogens is 445 g/mol. The lowest BCUT2D eigenvalue weighted by Gasteiger charge is -2.37. The minimum absolute atomic E-state index is 0.397. The molecule has 6 nitrogen and oxygen atoms in total. The number of nitrogens with zero attached hydrogens (tertiary/aromatic N) is 3. The second-order valence-corrected chi connectivity index (χ2v) is 8.89. The summed E-state index contributed by atoms with van der Waals surface area (Å²) in [7, 11) is 0. The molecule has 2 aromatic carbocycles. The van der Waals surface area contributed by atoms with Crippen LogP contribution in [0.1, 0.15) is 0 Å². The zero-order chi connectivity index (χ0) is 22.3. The highest BCUT2D eigenvalue weighted by Gasteiger charge is 2.20. The number of halogens is 2. The summed E-state index contributed by atoms with van der Waals surface area (Å²) in [5, 5.41) is 19.7. The van der Waals surface area contributed by atoms with Gasteiger partial charge in [0.15, 0.2) is 0 Å². The van der Waals surface area contributed by atoms with Crippen molar-refractivity contribution < 1.29 is 5.11 Å². The van der Waals surface area contributed by atoms with Crippen molar-refractivity contribution in [2.45, 2.75) is 6.10 Å². The molecule has 1 aliphatic rings. The quantitative estimate of drug-likeness (QED) is 0.411. The first kappa shape index (κ1) is 23.1. The lowest BCUT2D eigenvalue weighted by Crippen LogP contribution is -2.50. The largest absolute Gasteiger partial charge is 0.390 e. The summed E-state index contributed by atoms with van der Waals surface area (Å²) in [6.45, 7) is 6.43. The van der Waals surface area contributed by atoms with Gasteiger partial charge in [-0.3, -0.25) is 9.88 Å². The minimum atomic E-state index is -0.397. The summed E-state index contributed by atoms with van der Waals surface area (Å²) >= 11 is 12.4. The number of hydrogen-bond acceptors (Lipinski definition) is 6. The van der Waals surface area contributed by atoms with Crippen molar-refractivity contribution in [3.8, 4) is 0 Å². The van der Waals surface area contributed by atoms with Crippen LogP contribution < -0.4 is 15.5 Å². The fourth-order valence-corrected chi connectivity index (χ4v) is 4.49. The van der Waals surface area contributed by atoms with E-state index in [4.69, 9.17) is 23.2 Å². The predicted molar refractivity (Wildman–Crippen MR) is 134 cm³/mol. The Hall–Kier alpha value is -2.09. The summed E-state index contributed by atoms with van der Waals surface area (Å²) < 4.78 is 0. The van der Waals surface area contributed by atoms with Crippen molar-refractivity contribution >= 4 is 45.5 Å². The molecule has 0 radical (unpaired) electrons. The molecule has 0 aliphatic carbocycles. The van der Waals surface area contributed by atoms with Gasteiger partial charge in [-0.2, -0.15) is 0 Å². The first-order chi connectivity index (χ1) is 15.6. The monoisotopic (exact) mass is 473 g/mol. The van der Waals surface area contributed by atoms with Crippen LogP contribution in [-0.2, 0) is 0 Å². The highest BCUT2D eigenvalue weighted by atomic mass is 35.5. The summed E-state index contributed by atoms with van der Waals surface area (Å²) in [4.78, 5) is 8.99. The molecule has 1 fully saturated rings. The fraction of sp³-hybridized carbons (Fsp3) is 0.375. The molecule has 4 rings (SSSR count). The van der Waals surface area contributed by atoms with E-state index >= 15 is 0 Å². The van der Waals surface area contributed by atoms with Crippen LogP contribution >= 0.6 is 23.2 Å². The number of aromatic nitrogens is 1. The molecule has 1 atom stereocenters. The Balaban J connectivity index is 1.14. The molecule has 1 unspecified atom stereocenters. The number of para-hydroxylation sites is 1. The molecular formula is C24H29Cl2N5O. The number of piperazine rings is 1. The van der Waals surface area contributed by atoms with Crippen molar-refractivity contribution in [2.75, 3.05) is 62.6 Å². The number of nitrogens with one attached hydrogen (secondary N) is 2. The molecule has 1 aromatic heterocycles. The van der Waals surface area contributed by atoms with Crippen LogP contribution in [0, 0.1) is 0 Å². The predicted octanol–water partition coefficient (Wildman–Crippen LogP) is 3.73. The molecule has 2 heterocycles. The molecule has 1 aliphatic heterocycles. The third-order valence-electron chi connectivity index (χ3n) is 5.74. The number of anilines is 2. The molecule has 0 saturated carbocycles. The van der Waals surface area contributed by atoms with Crippen molar-refractivity contribution in [3.63, 3.8) is 0 Å². The molecule has 3 aromatic rings. The third kappa shape index (κ3) is 6.03. The Bertz CT molecular complexity index is 1030. The van der Waals surface area contributed by atoms with Gasteiger partial charge < -0.3 is 20.6 Å². The van der Waals surface area contributed by atoms with E-state index in [0.29, 0.717) is 18.1 Å². The van der Waals surface area contributed by atoms with Gasteiger partial charge in [-0.15, -0.1) is 0 Å². The Labute approximate surface area is 199 Å². The van der Waals surface area contributed by atoms with Gasteiger partial charge in [-0.25, -0.2) is 0 Å². The van der Waals surface area contributed by atoms with Crippen molar-refractivity contribution in [3.05, 3.63) is 64.8 Å². The Morgan fingerprint density at radius 2 is 1.81 bits per heavy atom. The normalized spacial score (nSPS) is 15.8. The molecule has 32 heavy (non-hydrogen) atoms. The minimum Gasteiger partial charge on any atom is -0.390 e. The van der Waals surface area contributed by atoms with Crippen LogP contribution in [0.2, 0.25) is 10.0 Å². The van der Waals surface area contributed by atoms with Crippen LogP contribution in [0.5, 0.6) is 0 Å². The average Bonchev–Trinajstić information content (AvgIpc) is 2.79. The number of aliphatic hydroxyl groups excluding tert-OH is 1. The van der Waals surface area contributed by atoms with Crippen LogP contribution in [-0.4, -0.2) is 73.5 Å². The Morgan fingerprint density at radius 3 is 2.62 bits per heavy atom. The van der Waals surface area contributed by atoms with E-state index in [0.717, 1.165) is 66.6 Å². The first-order valence-electron chi connectivity index (χ1n) is 11.0. The molecule has 1 saturated heterocycles. The summed E-state index contributed by atoms with van der Waals surface area (Å²) in [5.74, 6) is 0. The number of pyridine rings is 1. The molecule has 8 heteroatoms. The second kappa shape index (κ2) is 11.2. The summed E-state index contributed by atoms with van der Waals surface area (Å²) in [5.41, 5.74) is 3.00. The third-order valence-corrected chi connectivity index (χ3v) is 6.29. The van der Waals surface area contributed by atoms with Gasteiger partial charge in [0.2, 0.25) is 0 Å². The number of rotatable bonds is 9. The summed E-state index contributed by atoms with van der Waals surface area (Å²) in [6, 6.07) is 15.7. The fourth-order valence-electron chi connectivity index (χ4n) is 4.07. The van der Waals surface area contributed by atoms with Crippen molar-refractivity contribution in [1.82, 2.24) is 15.2 Å². The highest BCUT2D eigenvalue weighted by Crippen LogP contribution is 2.26. The SMILES string of the molecule is OC(CNCCNc1ccnc2cc(Cl)ccc12)CN1CCN(c2ccccc2Cl)CC1. The Kier molecular flexibility index (Phi) is 8.05. The summed E-state index contributed by atoms with van der Waals surface area (Å²) in [6.07, 6.45) is 1.38. The second-order valence-electron chi connectivity index (χ2n) is 8.04. The number of benzene rings is 2. The van der Waals surface area contributed by atoms with E-state index in [-0.39, 0.29) is 0 Å². The van der Waals surface area contributed by atoms with Gasteiger partial charge in [0, 0.05) is 74.7 Å². The maximum atomic E-state index is 10.4. The Morgan fingerprint density at radius 1 is 1.00 bits per heavy atom. The highest BCUT2D eigenvalue weighted by molar-refractivity contribution is 6.33. The zero-order valence-corrected chi connectivity index (χ0v) is 19.5. The van der Waals surface area contributed by atoms with E-state index in [9.17, 15) is 5.11 Å². The van der Waals surface area contributed by atoms with Crippen LogP contribution in [0.3, 0.4) is 0 Å². The van der Waals surface area contributed by atoms with E-state index in [2.05, 4.69) is 31.5 Å². The van der Waals surface area contributed by atoms with Crippen molar-refractivity contribution in [2.24, 2.45) is 0 Å². The number of β-amino-alcohol motifs (C(OH)–C–C–N with tert-alkyl or cyclic N) is 1. The molecule has 0 spiro atoms. The average molecular weight is 474 g/mol. The topological polar surface area (TPSA) is 63.7 Å². The molecule has 3 N–H and O–H groups in total. The lowest BCUT2D eigenvalue weighted by atomic mass is 10.2. The standard InChI is InChI=1S/C24H29Cl2N5O/c25-18-5-6-20-22(7-8-28-23(20)15-18)29-10-9-27-16-19(32)17-30-11-13-31(14-12-30)24-4-2-1-3-21(24)26/h1-8,15,19,27,32H,9-14,16-17H2,(H,28,29). The number of fused-ring (bicyclic) bond motifs is 1. The van der Waals surface area contributed by atoms with Gasteiger partial charge in [-0.05, 0) is 36.4 Å². The zero-order valence-electron chi connectivity index (χ0n) is 18.0. The van der Waals surface area contributed by atoms with E-state index in [1.165, 1.54) is 0 Å². The van der Waals surface area contributed by atoms with Crippen LogP contribution in [0.4, 0.5) is 11.4 Å². The van der Waals surface area contributed by atoms with Gasteiger partial charge in [0.1, 0.15) is 0 Å². The molecule has 170 valence electrons. The van der Waals surface area contributed by atoms with Crippen LogP contribution in [0.25, 0.3) is 10.9 Å². The van der Waals surface area contributed by atoms with Gasteiger partial charge in [0.05, 0.1) is 22.3 Å². The molecule has 0 amide bonds. The maximum absolute atomic E-state index is 10.4. The van der Waals surface area contributed by atoms with Crippen LogP contribution in [0.15, 0.2) is 54.7 Å². The maximum Gasteiger partial charge on any atom is 0.0791 e.